The molecule has 282 valence electrons. The first-order valence-electron chi connectivity index (χ1n) is 15.4. The predicted molar refractivity (Wildman–Crippen MR) is 191 cm³/mol. The maximum Gasteiger partial charge on any atom is 0.352 e. The number of aromatic hydroxyl groups is 2. The topological polar surface area (TPSA) is 309 Å². The number of nitrogens with one attached hydrogen (secondary N) is 3. The van der Waals surface area contributed by atoms with E-state index >= 15 is 0 Å². The van der Waals surface area contributed by atoms with Gasteiger partial charge in [0.1, 0.15) is 34.4 Å². The number of hydrogen-bond acceptors (Lipinski definition) is 18. The molecule has 1 aromatic carbocycles. The number of nitrogens with zero attached hydrogens (tertiary/aromatic N) is 7. The largest absolute Gasteiger partial charge is 0.504 e. The molecule has 24 heteroatoms. The summed E-state index contributed by atoms with van der Waals surface area (Å²) < 4.78 is 1.42. The van der Waals surface area contributed by atoms with Crippen molar-refractivity contribution in [2.45, 2.75) is 42.5 Å². The molecule has 6 rings (SSSR count). The number of phenols is 2. The molecule has 4 amide bonds. The van der Waals surface area contributed by atoms with Crippen molar-refractivity contribution in [1.82, 2.24) is 45.6 Å². The Morgan fingerprint density at radius 1 is 1.15 bits per heavy atom. The van der Waals surface area contributed by atoms with Crippen LogP contribution in [0.2, 0.25) is 0 Å². The van der Waals surface area contributed by atoms with Gasteiger partial charge in [0.05, 0.1) is 0 Å². The van der Waals surface area contributed by atoms with E-state index < -0.39 is 63.8 Å². The summed E-state index contributed by atoms with van der Waals surface area (Å²) in [4.78, 5) is 83.7. The van der Waals surface area contributed by atoms with Crippen LogP contribution in [-0.4, -0.2) is 114 Å². The van der Waals surface area contributed by atoms with Crippen LogP contribution in [-0.2, 0) is 30.6 Å². The molecule has 3 aromatic heterocycles. The number of carboxylic acid groups (broad SMARTS) is 1. The first-order valence-corrected chi connectivity index (χ1v) is 18.4. The highest BCUT2D eigenvalue weighted by Gasteiger charge is 2.54. The number of rotatable bonds is 12. The number of aliphatic hydroxyl groups is 1. The molecule has 54 heavy (non-hydrogen) atoms. The number of carboxylic acids is 1. The van der Waals surface area contributed by atoms with Crippen LogP contribution in [0.5, 0.6) is 11.5 Å². The average Bonchev–Trinajstić information content (AvgIpc) is 3.78. The predicted octanol–water partition coefficient (Wildman–Crippen LogP) is -0.442. The fourth-order valence-corrected chi connectivity index (χ4v) is 7.94. The molecule has 2 atom stereocenters. The van der Waals surface area contributed by atoms with E-state index in [-0.39, 0.29) is 51.8 Å². The summed E-state index contributed by atoms with van der Waals surface area (Å²) in [6.07, 6.45) is 1.50. The summed E-state index contributed by atoms with van der Waals surface area (Å²) >= 11 is 3.47. The number of anilines is 1. The van der Waals surface area contributed by atoms with Gasteiger partial charge in [0.2, 0.25) is 5.60 Å². The number of hydrogen-bond donors (Lipinski definition) is 8. The SMILES string of the molecule is CC(C)(ON=C(C(=O)NC1C(=O)N2C(C(=O)O)=C(CSc3ccnc4nc(CO)nn34)CS[C@@H]12)c1csc(N)n1)C(=O)NNC(=O)c1ccc(O)c(O)c1. The number of aliphatic carboxylic acids is 1. The number of oxime groups is 1. The monoisotopic (exact) mass is 799 g/mol. The number of nitrogen functional groups attached to an aromatic ring is 1. The molecule has 0 saturated carbocycles. The van der Waals surface area contributed by atoms with E-state index in [0.29, 0.717) is 10.6 Å². The van der Waals surface area contributed by atoms with Crippen LogP contribution < -0.4 is 21.9 Å². The maximum absolute atomic E-state index is 13.6. The molecule has 4 aromatic rings. The molecule has 0 spiro atoms. The first kappa shape index (κ1) is 37.8. The number of aliphatic hydroxyl groups excluding tert-OH is 1. The molecule has 2 aliphatic rings. The Bertz CT molecular complexity index is 2260. The summed E-state index contributed by atoms with van der Waals surface area (Å²) in [5.74, 6) is -4.89. The van der Waals surface area contributed by atoms with E-state index in [1.165, 1.54) is 59.5 Å². The normalized spacial score (nSPS) is 17.1. The van der Waals surface area contributed by atoms with Crippen LogP contribution in [0.25, 0.3) is 5.78 Å². The summed E-state index contributed by atoms with van der Waals surface area (Å²) in [7, 11) is 0. The number of benzene rings is 1. The van der Waals surface area contributed by atoms with Gasteiger partial charge in [0.25, 0.3) is 29.4 Å². The van der Waals surface area contributed by atoms with Crippen molar-refractivity contribution in [1.29, 1.82) is 0 Å². The number of β-lactam (4-membered cyclic amide) rings is 1. The summed E-state index contributed by atoms with van der Waals surface area (Å²) in [6.45, 7) is 2.18. The van der Waals surface area contributed by atoms with Crippen molar-refractivity contribution in [3.63, 3.8) is 0 Å². The lowest BCUT2D eigenvalue weighted by molar-refractivity contribution is -0.150. The van der Waals surface area contributed by atoms with Crippen molar-refractivity contribution >= 4 is 81.1 Å². The minimum absolute atomic E-state index is 0.0410. The van der Waals surface area contributed by atoms with Gasteiger partial charge in [-0.2, -0.15) is 9.50 Å². The van der Waals surface area contributed by atoms with E-state index in [1.807, 2.05) is 0 Å². The molecule has 1 fully saturated rings. The Labute approximate surface area is 315 Å². The van der Waals surface area contributed by atoms with Crippen LogP contribution >= 0.6 is 34.9 Å². The van der Waals surface area contributed by atoms with Gasteiger partial charge in [-0.1, -0.05) is 5.16 Å². The third kappa shape index (κ3) is 7.57. The Morgan fingerprint density at radius 2 is 1.93 bits per heavy atom. The van der Waals surface area contributed by atoms with Gasteiger partial charge >= 0.3 is 5.97 Å². The zero-order valence-corrected chi connectivity index (χ0v) is 30.4. The van der Waals surface area contributed by atoms with Crippen LogP contribution in [0.1, 0.15) is 35.7 Å². The molecule has 0 radical (unpaired) electrons. The van der Waals surface area contributed by atoms with Gasteiger partial charge in [0.15, 0.2) is 28.2 Å². The number of amides is 4. The van der Waals surface area contributed by atoms with Gasteiger partial charge in [0, 0.05) is 28.6 Å². The van der Waals surface area contributed by atoms with Crippen molar-refractivity contribution < 1.29 is 49.2 Å². The number of carbonyl (C=O) groups is 5. The molecular weight excluding hydrogens is 771 g/mol. The molecule has 0 aliphatic carbocycles. The maximum atomic E-state index is 13.6. The minimum Gasteiger partial charge on any atom is -0.504 e. The average molecular weight is 800 g/mol. The highest BCUT2D eigenvalue weighted by molar-refractivity contribution is 8.01. The van der Waals surface area contributed by atoms with Crippen molar-refractivity contribution in [2.24, 2.45) is 5.16 Å². The van der Waals surface area contributed by atoms with Gasteiger partial charge < -0.3 is 36.3 Å². The minimum atomic E-state index is -1.81. The molecule has 9 N–H and O–H groups in total. The number of nitrogens with two attached hydrogens (primary N) is 1. The summed E-state index contributed by atoms with van der Waals surface area (Å²) in [5.41, 5.74) is 7.91. The van der Waals surface area contributed by atoms with Crippen LogP contribution in [0.4, 0.5) is 5.13 Å². The number of hydrazine groups is 1. The lowest BCUT2D eigenvalue weighted by atomic mass is 10.0. The third-order valence-corrected chi connectivity index (χ3v) is 10.9. The lowest BCUT2D eigenvalue weighted by Gasteiger charge is -2.49. The van der Waals surface area contributed by atoms with Crippen molar-refractivity contribution in [3.8, 4) is 11.5 Å². The van der Waals surface area contributed by atoms with Crippen LogP contribution in [0.3, 0.4) is 0 Å². The smallest absolute Gasteiger partial charge is 0.352 e. The first-order chi connectivity index (χ1) is 25.7. The molecule has 2 aliphatic heterocycles. The Morgan fingerprint density at radius 3 is 2.61 bits per heavy atom. The Hall–Kier alpha value is -5.98. The third-order valence-electron chi connectivity index (χ3n) is 7.74. The summed E-state index contributed by atoms with van der Waals surface area (Å²) in [6, 6.07) is 3.77. The standard InChI is InChI=1S/C30H29N11O10S3/c1-30(2,27(50)37-36-22(45)12-3-4-15(43)16(44)7-12)51-39-19(14-11-54-28(31)33-14)23(46)35-20-24(47)40-21(26(48)49)13(10-53-25(20)40)9-52-18-5-6-32-29-34-17(8-42)38-41(18)29/h3-7,11,20,25,42-44H,8-10H2,1-2H3,(H2,31,33)(H,35,46)(H,36,45)(H,37,50)(H,48,49)/t20?,25-/m0/s1. The van der Waals surface area contributed by atoms with E-state index in [2.05, 4.69) is 41.4 Å². The van der Waals surface area contributed by atoms with Crippen LogP contribution in [0, 0.1) is 0 Å². The van der Waals surface area contributed by atoms with E-state index in [4.69, 9.17) is 10.6 Å². The Balaban J connectivity index is 1.13. The second-order valence-corrected chi connectivity index (χ2v) is 14.8. The highest BCUT2D eigenvalue weighted by Crippen LogP contribution is 2.41. The Kier molecular flexibility index (Phi) is 10.6. The second-order valence-electron chi connectivity index (χ2n) is 11.8. The summed E-state index contributed by atoms with van der Waals surface area (Å²) in [5, 5.41) is 50.5. The number of phenolic OH excluding ortho intramolecular Hbond substituents is 2. The van der Waals surface area contributed by atoms with Gasteiger partial charge in [-0.05, 0) is 43.7 Å². The van der Waals surface area contributed by atoms with E-state index in [0.717, 1.165) is 28.4 Å². The van der Waals surface area contributed by atoms with Gasteiger partial charge in [-0.15, -0.1) is 40.0 Å². The number of aromatic nitrogens is 5. The molecular formula is C30H29N11O10S3. The molecule has 1 unspecified atom stereocenters. The number of thiazole rings is 1. The van der Waals surface area contributed by atoms with Gasteiger partial charge in [-0.25, -0.2) is 14.8 Å². The fourth-order valence-electron chi connectivity index (χ4n) is 4.96. The molecule has 1 saturated heterocycles. The van der Waals surface area contributed by atoms with Crippen molar-refractivity contribution in [2.75, 3.05) is 17.2 Å². The lowest BCUT2D eigenvalue weighted by Crippen LogP contribution is -2.71. The quantitative estimate of drug-likeness (QED) is 0.0225. The zero-order chi connectivity index (χ0) is 38.9. The van der Waals surface area contributed by atoms with Gasteiger partial charge in [-0.3, -0.25) is 34.9 Å². The van der Waals surface area contributed by atoms with E-state index in [1.54, 1.807) is 6.07 Å². The van der Waals surface area contributed by atoms with Crippen molar-refractivity contribution in [3.05, 3.63) is 64.2 Å². The highest BCUT2D eigenvalue weighted by atomic mass is 32.2. The second kappa shape index (κ2) is 15.2. The number of carbonyl (C=O) groups excluding carboxylic acids is 4. The molecule has 5 heterocycles. The fraction of sp³-hybridized carbons (Fsp3) is 0.267. The molecule has 21 nitrogen and oxygen atoms in total. The number of thioether (sulfide) groups is 2. The number of fused-ring (bicyclic) bond motifs is 2. The zero-order valence-electron chi connectivity index (χ0n) is 27.9. The molecule has 0 bridgehead atoms. The van der Waals surface area contributed by atoms with Crippen LogP contribution in [0.15, 0.2) is 57.3 Å². The van der Waals surface area contributed by atoms with E-state index in [9.17, 15) is 44.4 Å².